The van der Waals surface area contributed by atoms with Gasteiger partial charge in [0.1, 0.15) is 12.1 Å². The van der Waals surface area contributed by atoms with Gasteiger partial charge in [0.05, 0.1) is 10.7 Å². The lowest BCUT2D eigenvalue weighted by molar-refractivity contribution is 1.04. The van der Waals surface area contributed by atoms with Gasteiger partial charge in [0, 0.05) is 30.7 Å². The molecular weight excluding hydrogens is 257 g/mol. The average molecular weight is 268 g/mol. The molecule has 0 saturated carbocycles. The molecule has 1 aromatic carbocycles. The summed E-state index contributed by atoms with van der Waals surface area (Å²) in [6.07, 6.45) is 1.52. The molecule has 1 aromatic heterocycles. The Balaban J connectivity index is 2.49. The normalized spacial score (nSPS) is 10.4. The zero-order chi connectivity index (χ0) is 12.4. The van der Waals surface area contributed by atoms with Crippen LogP contribution < -0.4 is 4.90 Å². The summed E-state index contributed by atoms with van der Waals surface area (Å²) >= 11 is 12.0. The molecule has 17 heavy (non-hydrogen) atoms. The van der Waals surface area contributed by atoms with Crippen molar-refractivity contribution in [1.29, 1.82) is 0 Å². The van der Waals surface area contributed by atoms with Crippen LogP contribution in [0.25, 0.3) is 11.3 Å². The number of anilines is 1. The minimum Gasteiger partial charge on any atom is -0.363 e. The molecule has 1 heterocycles. The van der Waals surface area contributed by atoms with E-state index in [0.29, 0.717) is 10.0 Å². The fraction of sp³-hybridized carbons (Fsp3) is 0.167. The van der Waals surface area contributed by atoms with Crippen molar-refractivity contribution in [3.8, 4) is 11.3 Å². The molecule has 0 radical (unpaired) electrons. The van der Waals surface area contributed by atoms with E-state index in [1.807, 2.05) is 31.1 Å². The first-order valence-electron chi connectivity index (χ1n) is 5.02. The van der Waals surface area contributed by atoms with E-state index in [-0.39, 0.29) is 0 Å². The second kappa shape index (κ2) is 4.90. The minimum atomic E-state index is 0.584. The van der Waals surface area contributed by atoms with Crippen LogP contribution in [0.2, 0.25) is 10.0 Å². The molecule has 0 atom stereocenters. The van der Waals surface area contributed by atoms with Gasteiger partial charge >= 0.3 is 0 Å². The van der Waals surface area contributed by atoms with Crippen LogP contribution in [0.1, 0.15) is 0 Å². The van der Waals surface area contributed by atoms with Crippen molar-refractivity contribution in [1.82, 2.24) is 9.97 Å². The molecule has 2 aromatic rings. The quantitative estimate of drug-likeness (QED) is 0.834. The maximum atomic E-state index is 6.14. The number of hydrogen-bond acceptors (Lipinski definition) is 3. The average Bonchev–Trinajstić information content (AvgIpc) is 2.29. The van der Waals surface area contributed by atoms with Crippen LogP contribution >= 0.6 is 23.2 Å². The van der Waals surface area contributed by atoms with Crippen LogP contribution in [0.15, 0.2) is 30.6 Å². The summed E-state index contributed by atoms with van der Waals surface area (Å²) in [6.45, 7) is 0. The van der Waals surface area contributed by atoms with E-state index in [4.69, 9.17) is 23.2 Å². The van der Waals surface area contributed by atoms with Gasteiger partial charge in [0.25, 0.3) is 0 Å². The number of halogens is 2. The molecule has 0 saturated heterocycles. The molecule has 0 aliphatic carbocycles. The standard InChI is InChI=1S/C12H11Cl2N3/c1-17(2)12-6-11(15-7-16-12)9-4-3-8(13)5-10(9)14/h3-7H,1-2H3. The van der Waals surface area contributed by atoms with Gasteiger partial charge in [0.2, 0.25) is 0 Å². The Labute approximate surface area is 110 Å². The summed E-state index contributed by atoms with van der Waals surface area (Å²) in [7, 11) is 3.85. The molecule has 0 amide bonds. The third kappa shape index (κ3) is 2.68. The van der Waals surface area contributed by atoms with Gasteiger partial charge in [0.15, 0.2) is 0 Å². The van der Waals surface area contributed by atoms with Crippen molar-refractivity contribution >= 4 is 29.0 Å². The number of hydrogen-bond donors (Lipinski definition) is 0. The lowest BCUT2D eigenvalue weighted by atomic mass is 10.1. The number of rotatable bonds is 2. The third-order valence-corrected chi connectivity index (χ3v) is 2.87. The highest BCUT2D eigenvalue weighted by atomic mass is 35.5. The first kappa shape index (κ1) is 12.1. The lowest BCUT2D eigenvalue weighted by Crippen LogP contribution is -2.10. The molecule has 0 spiro atoms. The molecule has 3 nitrogen and oxygen atoms in total. The summed E-state index contributed by atoms with van der Waals surface area (Å²) in [4.78, 5) is 10.3. The summed E-state index contributed by atoms with van der Waals surface area (Å²) < 4.78 is 0. The largest absolute Gasteiger partial charge is 0.363 e. The van der Waals surface area contributed by atoms with Crippen LogP contribution in [0.4, 0.5) is 5.82 Å². The van der Waals surface area contributed by atoms with Crippen LogP contribution in [-0.4, -0.2) is 24.1 Å². The Hall–Kier alpha value is -1.32. The summed E-state index contributed by atoms with van der Waals surface area (Å²) in [5.74, 6) is 0.834. The number of benzene rings is 1. The van der Waals surface area contributed by atoms with E-state index in [2.05, 4.69) is 9.97 Å². The summed E-state index contributed by atoms with van der Waals surface area (Å²) in [6, 6.07) is 7.23. The van der Waals surface area contributed by atoms with E-state index >= 15 is 0 Å². The molecule has 0 fully saturated rings. The first-order valence-corrected chi connectivity index (χ1v) is 5.78. The van der Waals surface area contributed by atoms with Crippen molar-refractivity contribution in [2.45, 2.75) is 0 Å². The summed E-state index contributed by atoms with van der Waals surface area (Å²) in [5, 5.41) is 1.20. The van der Waals surface area contributed by atoms with Gasteiger partial charge in [-0.05, 0) is 18.2 Å². The monoisotopic (exact) mass is 267 g/mol. The molecule has 0 N–H and O–H groups in total. The topological polar surface area (TPSA) is 29.0 Å². The summed E-state index contributed by atoms with van der Waals surface area (Å²) in [5.41, 5.74) is 1.63. The smallest absolute Gasteiger partial charge is 0.132 e. The SMILES string of the molecule is CN(C)c1cc(-c2ccc(Cl)cc2Cl)ncn1. The van der Waals surface area contributed by atoms with Crippen LogP contribution in [0.5, 0.6) is 0 Å². The fourth-order valence-corrected chi connectivity index (χ4v) is 1.94. The van der Waals surface area contributed by atoms with Crippen LogP contribution in [-0.2, 0) is 0 Å². The Morgan fingerprint density at radius 3 is 2.47 bits per heavy atom. The third-order valence-electron chi connectivity index (χ3n) is 2.32. The van der Waals surface area contributed by atoms with Crippen molar-refractivity contribution in [3.63, 3.8) is 0 Å². The van der Waals surface area contributed by atoms with E-state index in [0.717, 1.165) is 17.1 Å². The van der Waals surface area contributed by atoms with E-state index in [9.17, 15) is 0 Å². The Bertz CT molecular complexity index is 541. The van der Waals surface area contributed by atoms with Gasteiger partial charge in [-0.3, -0.25) is 0 Å². The highest BCUT2D eigenvalue weighted by molar-refractivity contribution is 6.36. The molecule has 0 bridgehead atoms. The Morgan fingerprint density at radius 2 is 1.82 bits per heavy atom. The van der Waals surface area contributed by atoms with Gasteiger partial charge in [-0.25, -0.2) is 9.97 Å². The molecule has 5 heteroatoms. The van der Waals surface area contributed by atoms with E-state index in [1.54, 1.807) is 12.1 Å². The zero-order valence-corrected chi connectivity index (χ0v) is 11.0. The minimum absolute atomic E-state index is 0.584. The molecule has 0 unspecified atom stereocenters. The second-order valence-electron chi connectivity index (χ2n) is 3.78. The first-order chi connectivity index (χ1) is 8.08. The predicted octanol–water partition coefficient (Wildman–Crippen LogP) is 3.52. The van der Waals surface area contributed by atoms with Gasteiger partial charge < -0.3 is 4.90 Å². The van der Waals surface area contributed by atoms with Gasteiger partial charge in [-0.1, -0.05) is 23.2 Å². The molecule has 0 aliphatic heterocycles. The van der Waals surface area contributed by atoms with Crippen LogP contribution in [0, 0.1) is 0 Å². The molecule has 2 rings (SSSR count). The lowest BCUT2D eigenvalue weighted by Gasteiger charge is -2.12. The maximum Gasteiger partial charge on any atom is 0.132 e. The van der Waals surface area contributed by atoms with E-state index < -0.39 is 0 Å². The van der Waals surface area contributed by atoms with Crippen molar-refractivity contribution < 1.29 is 0 Å². The predicted molar refractivity (Wildman–Crippen MR) is 71.8 cm³/mol. The van der Waals surface area contributed by atoms with Crippen molar-refractivity contribution in [2.24, 2.45) is 0 Å². The van der Waals surface area contributed by atoms with Crippen molar-refractivity contribution in [2.75, 3.05) is 19.0 Å². The fourth-order valence-electron chi connectivity index (χ4n) is 1.44. The molecular formula is C12H11Cl2N3. The van der Waals surface area contributed by atoms with Gasteiger partial charge in [-0.15, -0.1) is 0 Å². The molecule has 0 aliphatic rings. The zero-order valence-electron chi connectivity index (χ0n) is 9.48. The Kier molecular flexibility index (Phi) is 3.50. The number of nitrogens with zero attached hydrogens (tertiary/aromatic N) is 3. The van der Waals surface area contributed by atoms with E-state index in [1.165, 1.54) is 6.33 Å². The Morgan fingerprint density at radius 1 is 1.06 bits per heavy atom. The number of aromatic nitrogens is 2. The molecule has 88 valence electrons. The highest BCUT2D eigenvalue weighted by Crippen LogP contribution is 2.29. The van der Waals surface area contributed by atoms with Crippen molar-refractivity contribution in [3.05, 3.63) is 40.6 Å². The maximum absolute atomic E-state index is 6.14. The second-order valence-corrected chi connectivity index (χ2v) is 4.62. The highest BCUT2D eigenvalue weighted by Gasteiger charge is 2.07. The van der Waals surface area contributed by atoms with Gasteiger partial charge in [-0.2, -0.15) is 0 Å². The van der Waals surface area contributed by atoms with Crippen LogP contribution in [0.3, 0.4) is 0 Å².